The molecule has 3 aromatic heterocycles. The van der Waals surface area contributed by atoms with Gasteiger partial charge in [-0.1, -0.05) is 12.1 Å². The number of aryl methyl sites for hydroxylation is 1. The molecule has 11 heteroatoms. The monoisotopic (exact) mass is 455 g/mol. The van der Waals surface area contributed by atoms with Gasteiger partial charge < -0.3 is 10.1 Å². The second kappa shape index (κ2) is 8.15. The van der Waals surface area contributed by atoms with Gasteiger partial charge in [-0.05, 0) is 30.4 Å². The average molecular weight is 456 g/mol. The smallest absolute Gasteiger partial charge is 0.279 e. The summed E-state index contributed by atoms with van der Waals surface area (Å²) in [5.41, 5.74) is 1.64. The maximum absolute atomic E-state index is 14.7. The van der Waals surface area contributed by atoms with Crippen molar-refractivity contribution >= 4 is 22.6 Å². The van der Waals surface area contributed by atoms with Gasteiger partial charge in [0.25, 0.3) is 5.56 Å². The van der Waals surface area contributed by atoms with Crippen molar-refractivity contribution in [2.24, 2.45) is 7.05 Å². The third kappa shape index (κ3) is 3.94. The molecule has 32 heavy (non-hydrogen) atoms. The quantitative estimate of drug-likeness (QED) is 0.472. The first-order chi connectivity index (χ1) is 15.4. The van der Waals surface area contributed by atoms with Crippen LogP contribution in [-0.4, -0.2) is 57.8 Å². The largest absolute Gasteiger partial charge is 0.389 e. The third-order valence-electron chi connectivity index (χ3n) is 6.08. The molecule has 2 N–H and O–H groups in total. The summed E-state index contributed by atoms with van der Waals surface area (Å²) in [4.78, 5) is 25.0. The highest BCUT2D eigenvalue weighted by molar-refractivity contribution is 7.09. The molecule has 1 aliphatic rings. The van der Waals surface area contributed by atoms with Crippen molar-refractivity contribution in [3.05, 3.63) is 58.3 Å². The fourth-order valence-electron chi connectivity index (χ4n) is 4.22. The third-order valence-corrected chi connectivity index (χ3v) is 6.79. The normalized spacial score (nSPS) is 16.6. The Hall–Kier alpha value is -3.02. The summed E-state index contributed by atoms with van der Waals surface area (Å²) in [6, 6.07) is 5.15. The van der Waals surface area contributed by atoms with Gasteiger partial charge in [-0.2, -0.15) is 9.47 Å². The fourth-order valence-corrected chi connectivity index (χ4v) is 4.74. The second-order valence-corrected chi connectivity index (χ2v) is 9.01. The van der Waals surface area contributed by atoms with E-state index in [0.29, 0.717) is 55.0 Å². The number of hydrogen-bond acceptors (Lipinski definition) is 8. The van der Waals surface area contributed by atoms with E-state index in [9.17, 15) is 14.3 Å². The standard InChI is InChI=1S/C21H22FN7O2S/c1-28-16(17-18(27-28)19(30)24-11-23-17)9-21(31)4-6-29(7-5-21)10-14-3-2-13(8-15(14)22)20-25-12-26-32-20/h2-3,8,11-12,31H,4-7,9-10H2,1H3,(H,23,24,30). The van der Waals surface area contributed by atoms with Crippen molar-refractivity contribution in [2.75, 3.05) is 13.1 Å². The molecule has 0 unspecified atom stereocenters. The van der Waals surface area contributed by atoms with E-state index in [-0.39, 0.29) is 16.9 Å². The van der Waals surface area contributed by atoms with Gasteiger partial charge in [0, 0.05) is 44.2 Å². The summed E-state index contributed by atoms with van der Waals surface area (Å²) in [5, 5.41) is 16.2. The van der Waals surface area contributed by atoms with Gasteiger partial charge >= 0.3 is 0 Å². The predicted octanol–water partition coefficient (Wildman–Crippen LogP) is 1.88. The Balaban J connectivity index is 1.26. The van der Waals surface area contributed by atoms with E-state index < -0.39 is 5.60 Å². The Morgan fingerprint density at radius 1 is 1.25 bits per heavy atom. The molecule has 0 saturated carbocycles. The van der Waals surface area contributed by atoms with Crippen LogP contribution >= 0.6 is 11.5 Å². The Bertz CT molecular complexity index is 1310. The van der Waals surface area contributed by atoms with Gasteiger partial charge in [0.1, 0.15) is 22.7 Å². The van der Waals surface area contributed by atoms with Gasteiger partial charge in [0.05, 0.1) is 17.6 Å². The number of likely N-dealkylation sites (tertiary alicyclic amines) is 1. The van der Waals surface area contributed by atoms with E-state index in [4.69, 9.17) is 0 Å². The van der Waals surface area contributed by atoms with Crippen molar-refractivity contribution in [3.63, 3.8) is 0 Å². The SMILES string of the molecule is Cn1nc2c(=O)[nH]cnc2c1CC1(O)CCN(Cc2ccc(-c3ncns3)cc2F)CC1. The van der Waals surface area contributed by atoms with Gasteiger partial charge in [-0.25, -0.2) is 14.4 Å². The van der Waals surface area contributed by atoms with E-state index in [1.165, 1.54) is 30.3 Å². The zero-order valence-electron chi connectivity index (χ0n) is 17.5. The lowest BCUT2D eigenvalue weighted by Gasteiger charge is -2.38. The van der Waals surface area contributed by atoms with Crippen LogP contribution in [0, 0.1) is 5.82 Å². The highest BCUT2D eigenvalue weighted by Gasteiger charge is 2.34. The minimum Gasteiger partial charge on any atom is -0.389 e. The van der Waals surface area contributed by atoms with E-state index in [0.717, 1.165) is 11.3 Å². The molecule has 0 radical (unpaired) electrons. The molecule has 0 aliphatic carbocycles. The summed E-state index contributed by atoms with van der Waals surface area (Å²) in [6.45, 7) is 1.75. The van der Waals surface area contributed by atoms with E-state index in [2.05, 4.69) is 29.3 Å². The number of benzene rings is 1. The number of piperidine rings is 1. The number of fused-ring (bicyclic) bond motifs is 1. The lowest BCUT2D eigenvalue weighted by atomic mass is 9.86. The van der Waals surface area contributed by atoms with Crippen LogP contribution < -0.4 is 5.56 Å². The van der Waals surface area contributed by atoms with E-state index >= 15 is 0 Å². The topological polar surface area (TPSA) is 113 Å². The molecule has 1 aliphatic heterocycles. The number of nitrogens with one attached hydrogen (secondary N) is 1. The molecule has 1 aromatic carbocycles. The number of aliphatic hydroxyl groups is 1. The van der Waals surface area contributed by atoms with Crippen molar-refractivity contribution in [1.29, 1.82) is 0 Å². The maximum Gasteiger partial charge on any atom is 0.279 e. The number of H-pyrrole nitrogens is 1. The summed E-state index contributed by atoms with van der Waals surface area (Å²) >= 11 is 1.23. The molecule has 4 heterocycles. The number of aromatic nitrogens is 6. The maximum atomic E-state index is 14.7. The molecule has 1 saturated heterocycles. The van der Waals surface area contributed by atoms with Crippen LogP contribution in [0.25, 0.3) is 21.6 Å². The highest BCUT2D eigenvalue weighted by Crippen LogP contribution is 2.30. The average Bonchev–Trinajstić information content (AvgIpc) is 3.41. The van der Waals surface area contributed by atoms with Crippen LogP contribution in [0.1, 0.15) is 24.1 Å². The second-order valence-electron chi connectivity index (χ2n) is 8.23. The molecule has 0 bridgehead atoms. The van der Waals surface area contributed by atoms with Crippen LogP contribution in [0.4, 0.5) is 4.39 Å². The van der Waals surface area contributed by atoms with Crippen molar-refractivity contribution in [3.8, 4) is 10.6 Å². The molecular formula is C21H22FN7O2S. The van der Waals surface area contributed by atoms with Crippen LogP contribution in [0.2, 0.25) is 0 Å². The minimum absolute atomic E-state index is 0.267. The number of aromatic amines is 1. The molecule has 5 rings (SSSR count). The van der Waals surface area contributed by atoms with Gasteiger partial charge in [0.2, 0.25) is 0 Å². The molecule has 166 valence electrons. The molecule has 1 fully saturated rings. The van der Waals surface area contributed by atoms with Gasteiger partial charge in [-0.3, -0.25) is 14.4 Å². The fraction of sp³-hybridized carbons (Fsp3) is 0.381. The molecular weight excluding hydrogens is 433 g/mol. The van der Waals surface area contributed by atoms with Crippen molar-refractivity contribution < 1.29 is 9.50 Å². The summed E-state index contributed by atoms with van der Waals surface area (Å²) in [6.07, 6.45) is 4.24. The Labute approximate surface area is 186 Å². The van der Waals surface area contributed by atoms with Gasteiger partial charge in [-0.15, -0.1) is 0 Å². The van der Waals surface area contributed by atoms with Crippen LogP contribution in [0.15, 0.2) is 35.6 Å². The number of hydrogen-bond donors (Lipinski definition) is 2. The molecule has 4 aromatic rings. The molecule has 0 amide bonds. The van der Waals surface area contributed by atoms with Crippen molar-refractivity contribution in [1.82, 2.24) is 34.0 Å². The zero-order valence-corrected chi connectivity index (χ0v) is 18.3. The first-order valence-electron chi connectivity index (χ1n) is 10.3. The highest BCUT2D eigenvalue weighted by atomic mass is 32.1. The predicted molar refractivity (Wildman–Crippen MR) is 118 cm³/mol. The minimum atomic E-state index is -0.929. The summed E-state index contributed by atoms with van der Waals surface area (Å²) in [7, 11) is 1.75. The first kappa shape index (κ1) is 20.9. The van der Waals surface area contributed by atoms with Crippen LogP contribution in [-0.2, 0) is 20.0 Å². The van der Waals surface area contributed by atoms with Gasteiger partial charge in [0.15, 0.2) is 5.52 Å². The lowest BCUT2D eigenvalue weighted by molar-refractivity contribution is -0.0236. The number of nitrogens with zero attached hydrogens (tertiary/aromatic N) is 6. The van der Waals surface area contributed by atoms with E-state index in [1.54, 1.807) is 17.8 Å². The summed E-state index contributed by atoms with van der Waals surface area (Å²) < 4.78 is 20.2. The lowest BCUT2D eigenvalue weighted by Crippen LogP contribution is -2.45. The Morgan fingerprint density at radius 2 is 2.06 bits per heavy atom. The Morgan fingerprint density at radius 3 is 2.78 bits per heavy atom. The van der Waals surface area contributed by atoms with E-state index in [1.807, 2.05) is 6.07 Å². The molecule has 0 spiro atoms. The van der Waals surface area contributed by atoms with Crippen LogP contribution in [0.3, 0.4) is 0 Å². The zero-order chi connectivity index (χ0) is 22.3. The van der Waals surface area contributed by atoms with Crippen LogP contribution in [0.5, 0.6) is 0 Å². The number of rotatable bonds is 5. The summed E-state index contributed by atoms with van der Waals surface area (Å²) in [5.74, 6) is -0.267. The Kier molecular flexibility index (Phi) is 5.31. The first-order valence-corrected chi connectivity index (χ1v) is 11.1. The molecule has 0 atom stereocenters. The van der Waals surface area contributed by atoms with Crippen molar-refractivity contribution in [2.45, 2.75) is 31.4 Å². The molecule has 9 nitrogen and oxygen atoms in total. The number of halogens is 1.